The van der Waals surface area contributed by atoms with E-state index < -0.39 is 0 Å². The van der Waals surface area contributed by atoms with Gasteiger partial charge in [-0.25, -0.2) is 0 Å². The summed E-state index contributed by atoms with van der Waals surface area (Å²) < 4.78 is 16.0. The fourth-order valence-electron chi connectivity index (χ4n) is 3.49. The van der Waals surface area contributed by atoms with Gasteiger partial charge in [0, 0.05) is 10.9 Å². The molecule has 0 heterocycles. The fourth-order valence-corrected chi connectivity index (χ4v) is 3.49. The van der Waals surface area contributed by atoms with Gasteiger partial charge in [0.2, 0.25) is 5.78 Å². The summed E-state index contributed by atoms with van der Waals surface area (Å²) in [5, 5.41) is 1.97. The highest BCUT2D eigenvalue weighted by Gasteiger charge is 2.24. The smallest absolute Gasteiger partial charge is 0.228 e. The van der Waals surface area contributed by atoms with Gasteiger partial charge in [0.1, 0.15) is 0 Å². The maximum atomic E-state index is 12.6. The van der Waals surface area contributed by atoms with E-state index >= 15 is 0 Å². The number of carbonyl (C=O) groups excluding carboxylic acids is 1. The van der Waals surface area contributed by atoms with E-state index in [2.05, 4.69) is 0 Å². The Morgan fingerprint density at radius 2 is 1.54 bits per heavy atom. The number of hydrogen-bond donors (Lipinski definition) is 0. The van der Waals surface area contributed by atoms with Gasteiger partial charge in [0.15, 0.2) is 17.3 Å². The summed E-state index contributed by atoms with van der Waals surface area (Å²) in [4.78, 5) is 12.6. The molecule has 0 unspecified atom stereocenters. The molecule has 1 aliphatic carbocycles. The number of ether oxygens (including phenoxy) is 3. The van der Waals surface area contributed by atoms with E-state index in [-0.39, 0.29) is 5.78 Å². The topological polar surface area (TPSA) is 44.8 Å². The average Bonchev–Trinajstić information content (AvgIpc) is 2.69. The molecule has 0 amide bonds. The Kier molecular flexibility index (Phi) is 3.88. The fraction of sp³-hybridized carbons (Fsp3) is 0.136. The van der Waals surface area contributed by atoms with Crippen LogP contribution in [-0.4, -0.2) is 27.1 Å². The Morgan fingerprint density at radius 3 is 2.27 bits per heavy atom. The van der Waals surface area contributed by atoms with Crippen molar-refractivity contribution in [2.45, 2.75) is 0 Å². The van der Waals surface area contributed by atoms with Crippen LogP contribution >= 0.6 is 0 Å². The van der Waals surface area contributed by atoms with Crippen molar-refractivity contribution in [3.63, 3.8) is 0 Å². The molecule has 0 bridgehead atoms. The van der Waals surface area contributed by atoms with Gasteiger partial charge in [0.05, 0.1) is 21.3 Å². The first-order valence-electron chi connectivity index (χ1n) is 8.26. The minimum Gasteiger partial charge on any atom is -0.493 e. The van der Waals surface area contributed by atoms with Crippen LogP contribution in [0, 0.1) is 0 Å². The highest BCUT2D eigenvalue weighted by atomic mass is 16.5. The van der Waals surface area contributed by atoms with E-state index in [1.54, 1.807) is 20.3 Å². The number of rotatable bonds is 4. The Labute approximate surface area is 151 Å². The van der Waals surface area contributed by atoms with E-state index in [1.165, 1.54) is 7.11 Å². The molecule has 0 spiro atoms. The van der Waals surface area contributed by atoms with Crippen molar-refractivity contribution in [3.8, 4) is 22.6 Å². The van der Waals surface area contributed by atoms with Crippen LogP contribution in [0.25, 0.3) is 28.0 Å². The lowest BCUT2D eigenvalue weighted by molar-refractivity contribution is 0.0957. The summed E-state index contributed by atoms with van der Waals surface area (Å²) in [7, 11) is 4.76. The van der Waals surface area contributed by atoms with Gasteiger partial charge in [-0.15, -0.1) is 0 Å². The van der Waals surface area contributed by atoms with Crippen LogP contribution in [0.1, 0.15) is 15.9 Å². The predicted molar refractivity (Wildman–Crippen MR) is 102 cm³/mol. The van der Waals surface area contributed by atoms with Crippen molar-refractivity contribution in [2.24, 2.45) is 0 Å². The first-order chi connectivity index (χ1) is 12.7. The third-order valence-corrected chi connectivity index (χ3v) is 4.74. The second kappa shape index (κ2) is 6.23. The van der Waals surface area contributed by atoms with Gasteiger partial charge in [0.25, 0.3) is 0 Å². The Bertz CT molecular complexity index is 1060. The predicted octanol–water partition coefficient (Wildman–Crippen LogP) is 4.71. The molecule has 0 aliphatic heterocycles. The summed E-state index contributed by atoms with van der Waals surface area (Å²) in [6.45, 7) is 0. The van der Waals surface area contributed by atoms with Crippen LogP contribution in [0.15, 0.2) is 54.3 Å². The zero-order valence-corrected chi connectivity index (χ0v) is 14.8. The molecular formula is C22H18O4. The number of Topliss-reactive ketones (excluding diaryl/α,β-unsaturated/α-hetero) is 1. The molecule has 0 saturated carbocycles. The monoisotopic (exact) mass is 346 g/mol. The van der Waals surface area contributed by atoms with Crippen LogP contribution in [0.3, 0.4) is 0 Å². The molecule has 0 N–H and O–H groups in total. The van der Waals surface area contributed by atoms with Crippen LogP contribution < -0.4 is 9.47 Å². The molecule has 4 heteroatoms. The first kappa shape index (κ1) is 16.2. The number of ketones is 1. The lowest BCUT2D eigenvalue weighted by atomic mass is 9.87. The van der Waals surface area contributed by atoms with Crippen molar-refractivity contribution >= 4 is 22.6 Å². The largest absolute Gasteiger partial charge is 0.493 e. The lowest BCUT2D eigenvalue weighted by Gasteiger charge is -2.18. The van der Waals surface area contributed by atoms with Crippen molar-refractivity contribution < 1.29 is 19.0 Å². The van der Waals surface area contributed by atoms with Crippen molar-refractivity contribution in [2.75, 3.05) is 21.3 Å². The van der Waals surface area contributed by atoms with Gasteiger partial charge in [-0.05, 0) is 46.4 Å². The standard InChI is InChI=1S/C22H18O4/c1-24-18-10-7-13(11-19(18)25-2)15-8-9-17-21-14(5-4-6-16(15)21)12-20(26-3)22(17)23/h4-12H,1-3H3. The maximum Gasteiger partial charge on any atom is 0.228 e. The van der Waals surface area contributed by atoms with Crippen LogP contribution in [0.4, 0.5) is 0 Å². The number of allylic oxidation sites excluding steroid dienone is 1. The summed E-state index contributed by atoms with van der Waals surface area (Å²) in [6, 6.07) is 15.7. The second-order valence-electron chi connectivity index (χ2n) is 6.04. The first-order valence-corrected chi connectivity index (χ1v) is 8.26. The van der Waals surface area contributed by atoms with Crippen molar-refractivity contribution in [1.82, 2.24) is 0 Å². The molecule has 130 valence electrons. The molecule has 0 fully saturated rings. The zero-order valence-electron chi connectivity index (χ0n) is 14.8. The molecule has 26 heavy (non-hydrogen) atoms. The van der Waals surface area contributed by atoms with Gasteiger partial charge in [-0.2, -0.15) is 0 Å². The quantitative estimate of drug-likeness (QED) is 0.686. The highest BCUT2D eigenvalue weighted by Crippen LogP contribution is 2.39. The summed E-state index contributed by atoms with van der Waals surface area (Å²) in [6.07, 6.45) is 1.80. The molecule has 3 aromatic rings. The Morgan fingerprint density at radius 1 is 0.769 bits per heavy atom. The van der Waals surface area contributed by atoms with E-state index in [1.807, 2.05) is 48.5 Å². The Hall–Kier alpha value is -3.27. The maximum absolute atomic E-state index is 12.6. The number of benzene rings is 3. The highest BCUT2D eigenvalue weighted by molar-refractivity contribution is 6.23. The van der Waals surface area contributed by atoms with Gasteiger partial charge in [-0.1, -0.05) is 30.3 Å². The van der Waals surface area contributed by atoms with E-state index in [4.69, 9.17) is 14.2 Å². The Balaban J connectivity index is 1.98. The third-order valence-electron chi connectivity index (χ3n) is 4.74. The van der Waals surface area contributed by atoms with Crippen molar-refractivity contribution in [3.05, 3.63) is 65.4 Å². The third kappa shape index (κ3) is 2.34. The van der Waals surface area contributed by atoms with E-state index in [0.717, 1.165) is 27.5 Å². The number of carbonyl (C=O) groups is 1. The summed E-state index contributed by atoms with van der Waals surface area (Å²) in [5.74, 6) is 1.63. The molecule has 4 rings (SSSR count). The summed E-state index contributed by atoms with van der Waals surface area (Å²) in [5.41, 5.74) is 3.68. The molecule has 0 radical (unpaired) electrons. The second-order valence-corrected chi connectivity index (χ2v) is 6.04. The molecule has 1 aliphatic rings. The molecule has 0 aromatic heterocycles. The van der Waals surface area contributed by atoms with E-state index in [9.17, 15) is 4.79 Å². The molecule has 3 aromatic carbocycles. The van der Waals surface area contributed by atoms with Crippen molar-refractivity contribution in [1.29, 1.82) is 0 Å². The summed E-state index contributed by atoms with van der Waals surface area (Å²) >= 11 is 0. The van der Waals surface area contributed by atoms with Crippen LogP contribution in [0.2, 0.25) is 0 Å². The lowest BCUT2D eigenvalue weighted by Crippen LogP contribution is -2.10. The molecule has 0 saturated heterocycles. The minimum atomic E-state index is -0.0879. The number of hydrogen-bond acceptors (Lipinski definition) is 4. The number of methoxy groups -OCH3 is 3. The zero-order chi connectivity index (χ0) is 18.3. The van der Waals surface area contributed by atoms with E-state index in [0.29, 0.717) is 22.8 Å². The molecule has 4 nitrogen and oxygen atoms in total. The van der Waals surface area contributed by atoms with Crippen LogP contribution in [-0.2, 0) is 4.74 Å². The van der Waals surface area contributed by atoms with Gasteiger partial charge in [-0.3, -0.25) is 4.79 Å². The SMILES string of the molecule is COC1=Cc2cccc3c(-c4ccc(OC)c(OC)c4)ccc(c23)C1=O. The van der Waals surface area contributed by atoms with Gasteiger partial charge < -0.3 is 14.2 Å². The van der Waals surface area contributed by atoms with Crippen LogP contribution in [0.5, 0.6) is 11.5 Å². The minimum absolute atomic E-state index is 0.0879. The molecular weight excluding hydrogens is 328 g/mol. The molecule has 0 atom stereocenters. The van der Waals surface area contributed by atoms with Gasteiger partial charge >= 0.3 is 0 Å². The average molecular weight is 346 g/mol. The normalized spacial score (nSPS) is 12.7.